The SMILES string of the molecule is CC/C=C\C/C=C\CC(O)/C=C/C=C\C/C=C\C/C=C\CCC(=O)O[C@H](COC(=O)CCCCCCCCC/C=C\CCCCCCCC)COP(=O)(O)O[C@H]1C(O)C(O)C(O)[C@@H](OP(=O)(O)O)C1O. The second kappa shape index (κ2) is 40.6. The Balaban J connectivity index is 2.64. The van der Waals surface area contributed by atoms with Gasteiger partial charge in [-0.05, 0) is 70.6 Å². The first-order valence-electron chi connectivity index (χ1n) is 25.2. The highest BCUT2D eigenvalue weighted by Gasteiger charge is 2.54. The van der Waals surface area contributed by atoms with Crippen molar-refractivity contribution >= 4 is 27.6 Å². The molecule has 1 fully saturated rings. The molecular formula is C51H86O17P2. The minimum atomic E-state index is -5.38. The van der Waals surface area contributed by atoms with Crippen LogP contribution in [0, 0.1) is 0 Å². The van der Waals surface area contributed by atoms with Crippen molar-refractivity contribution in [1.29, 1.82) is 0 Å². The van der Waals surface area contributed by atoms with Gasteiger partial charge in [-0.3, -0.25) is 23.2 Å². The molecule has 0 radical (unpaired) electrons. The number of phosphoric acid groups is 2. The summed E-state index contributed by atoms with van der Waals surface area (Å²) in [6.07, 6.45) is 32.8. The number of phosphoric ester groups is 2. The summed E-state index contributed by atoms with van der Waals surface area (Å²) in [7, 11) is -10.7. The van der Waals surface area contributed by atoms with Crippen molar-refractivity contribution in [3.05, 3.63) is 85.1 Å². The van der Waals surface area contributed by atoms with E-state index in [9.17, 15) is 58.9 Å². The van der Waals surface area contributed by atoms with Crippen molar-refractivity contribution in [3.8, 4) is 0 Å². The molecule has 0 amide bonds. The number of unbranched alkanes of at least 4 members (excludes halogenated alkanes) is 13. The van der Waals surface area contributed by atoms with Crippen molar-refractivity contribution < 1.29 is 82.0 Å². The molecule has 70 heavy (non-hydrogen) atoms. The highest BCUT2D eigenvalue weighted by atomic mass is 31.2. The third-order valence-corrected chi connectivity index (χ3v) is 12.6. The average Bonchev–Trinajstić information content (AvgIpc) is 3.31. The molecule has 8 N–H and O–H groups in total. The molecule has 0 aliphatic heterocycles. The van der Waals surface area contributed by atoms with Crippen LogP contribution in [0.2, 0.25) is 0 Å². The van der Waals surface area contributed by atoms with E-state index < -0.39 is 89.6 Å². The number of rotatable bonds is 41. The molecule has 0 bridgehead atoms. The van der Waals surface area contributed by atoms with Crippen LogP contribution in [0.5, 0.6) is 0 Å². The van der Waals surface area contributed by atoms with Gasteiger partial charge in [-0.25, -0.2) is 9.13 Å². The number of hydrogen-bond donors (Lipinski definition) is 8. The lowest BCUT2D eigenvalue weighted by molar-refractivity contribution is -0.216. The normalized spacial score (nSPS) is 22.1. The third kappa shape index (κ3) is 34.5. The summed E-state index contributed by atoms with van der Waals surface area (Å²) in [6.45, 7) is 2.87. The zero-order valence-electron chi connectivity index (χ0n) is 41.5. The van der Waals surface area contributed by atoms with E-state index in [0.717, 1.165) is 64.2 Å². The highest BCUT2D eigenvalue weighted by molar-refractivity contribution is 7.47. The van der Waals surface area contributed by atoms with Gasteiger partial charge in [0, 0.05) is 12.8 Å². The molecule has 0 saturated heterocycles. The molecule has 1 saturated carbocycles. The van der Waals surface area contributed by atoms with Gasteiger partial charge < -0.3 is 49.7 Å². The Bertz CT molecular complexity index is 1690. The lowest BCUT2D eigenvalue weighted by Gasteiger charge is -2.43. The maximum Gasteiger partial charge on any atom is 0.472 e. The number of carbonyl (C=O) groups is 2. The summed E-state index contributed by atoms with van der Waals surface area (Å²) in [4.78, 5) is 54.3. The van der Waals surface area contributed by atoms with Gasteiger partial charge in [0.25, 0.3) is 0 Å². The molecule has 9 atom stereocenters. The first-order chi connectivity index (χ1) is 33.5. The quantitative estimate of drug-likeness (QED) is 0.00932. The van der Waals surface area contributed by atoms with Gasteiger partial charge in [-0.2, -0.15) is 0 Å². The van der Waals surface area contributed by atoms with Gasteiger partial charge in [-0.1, -0.05) is 163 Å². The zero-order chi connectivity index (χ0) is 51.9. The van der Waals surface area contributed by atoms with E-state index >= 15 is 0 Å². The fourth-order valence-electron chi connectivity index (χ4n) is 7.13. The molecule has 1 rings (SSSR count). The smallest absolute Gasteiger partial charge is 0.462 e. The first-order valence-corrected chi connectivity index (χ1v) is 28.3. The third-order valence-electron chi connectivity index (χ3n) is 11.0. The van der Waals surface area contributed by atoms with Crippen LogP contribution >= 0.6 is 15.6 Å². The van der Waals surface area contributed by atoms with Gasteiger partial charge >= 0.3 is 27.6 Å². The maximum absolute atomic E-state index is 13.0. The lowest BCUT2D eigenvalue weighted by atomic mass is 9.85. The van der Waals surface area contributed by atoms with E-state index in [-0.39, 0.29) is 19.3 Å². The lowest BCUT2D eigenvalue weighted by Crippen LogP contribution is -2.64. The van der Waals surface area contributed by atoms with Crippen molar-refractivity contribution in [2.75, 3.05) is 13.2 Å². The van der Waals surface area contributed by atoms with Crippen LogP contribution in [0.25, 0.3) is 0 Å². The molecule has 0 aromatic rings. The van der Waals surface area contributed by atoms with E-state index in [1.54, 1.807) is 18.2 Å². The molecule has 17 nitrogen and oxygen atoms in total. The number of ether oxygens (including phenoxy) is 2. The second-order valence-corrected chi connectivity index (χ2v) is 19.9. The van der Waals surface area contributed by atoms with Gasteiger partial charge in [0.1, 0.15) is 43.2 Å². The van der Waals surface area contributed by atoms with E-state index in [0.29, 0.717) is 25.7 Å². The van der Waals surface area contributed by atoms with Crippen LogP contribution in [0.15, 0.2) is 85.1 Å². The molecule has 6 unspecified atom stereocenters. The van der Waals surface area contributed by atoms with Crippen molar-refractivity contribution in [2.45, 2.75) is 210 Å². The van der Waals surface area contributed by atoms with E-state index in [1.165, 1.54) is 38.5 Å². The summed E-state index contributed by atoms with van der Waals surface area (Å²) in [5, 5.41) is 51.3. The van der Waals surface area contributed by atoms with Crippen LogP contribution in [-0.2, 0) is 41.8 Å². The Morgan fingerprint density at radius 1 is 0.543 bits per heavy atom. The van der Waals surface area contributed by atoms with Gasteiger partial charge in [-0.15, -0.1) is 0 Å². The van der Waals surface area contributed by atoms with Crippen molar-refractivity contribution in [2.24, 2.45) is 0 Å². The fourth-order valence-corrected chi connectivity index (χ4v) is 8.67. The van der Waals surface area contributed by atoms with Crippen LogP contribution in [-0.4, -0.2) is 114 Å². The minimum absolute atomic E-state index is 0.0858. The van der Waals surface area contributed by atoms with Crippen LogP contribution in [0.3, 0.4) is 0 Å². The van der Waals surface area contributed by atoms with Crippen LogP contribution in [0.1, 0.15) is 162 Å². The molecule has 0 aromatic carbocycles. The summed E-state index contributed by atoms with van der Waals surface area (Å²) in [5.41, 5.74) is 0. The summed E-state index contributed by atoms with van der Waals surface area (Å²) in [6, 6.07) is 0. The Kier molecular flexibility index (Phi) is 37.8. The average molecular weight is 1030 g/mol. The van der Waals surface area contributed by atoms with Gasteiger partial charge in [0.2, 0.25) is 0 Å². The molecule has 0 aromatic heterocycles. The predicted octanol–water partition coefficient (Wildman–Crippen LogP) is 9.15. The number of allylic oxidation sites excluding steroid dienone is 12. The number of esters is 2. The Morgan fingerprint density at radius 3 is 1.69 bits per heavy atom. The summed E-state index contributed by atoms with van der Waals surface area (Å²) >= 11 is 0. The minimum Gasteiger partial charge on any atom is -0.462 e. The number of aliphatic hydroxyl groups excluding tert-OH is 5. The molecule has 1 aliphatic rings. The number of carbonyl (C=O) groups excluding carboxylic acids is 2. The molecule has 0 spiro atoms. The van der Waals surface area contributed by atoms with E-state index in [1.807, 2.05) is 42.5 Å². The zero-order valence-corrected chi connectivity index (χ0v) is 43.3. The molecule has 19 heteroatoms. The van der Waals surface area contributed by atoms with Crippen LogP contribution in [0.4, 0.5) is 0 Å². The monoisotopic (exact) mass is 1030 g/mol. The largest absolute Gasteiger partial charge is 0.472 e. The second-order valence-electron chi connectivity index (χ2n) is 17.3. The predicted molar refractivity (Wildman–Crippen MR) is 270 cm³/mol. The van der Waals surface area contributed by atoms with E-state index in [4.69, 9.17) is 18.5 Å². The summed E-state index contributed by atoms with van der Waals surface area (Å²) < 4.78 is 49.3. The topological polar surface area (TPSA) is 276 Å². The molecule has 0 heterocycles. The Labute approximate surface area is 416 Å². The maximum atomic E-state index is 13.0. The Morgan fingerprint density at radius 2 is 1.07 bits per heavy atom. The van der Waals surface area contributed by atoms with Gasteiger partial charge in [0.15, 0.2) is 6.10 Å². The van der Waals surface area contributed by atoms with Crippen molar-refractivity contribution in [1.82, 2.24) is 0 Å². The highest BCUT2D eigenvalue weighted by Crippen LogP contribution is 2.49. The van der Waals surface area contributed by atoms with Gasteiger partial charge in [0.05, 0.1) is 12.7 Å². The number of aliphatic hydroxyl groups is 5. The molecule has 1 aliphatic carbocycles. The van der Waals surface area contributed by atoms with Crippen LogP contribution < -0.4 is 0 Å². The molecular weight excluding hydrogens is 946 g/mol. The molecule has 402 valence electrons. The number of hydrogen-bond acceptors (Lipinski definition) is 14. The standard InChI is InChI=1S/C51H86O17P2/c1-3-5-7-9-11-12-13-14-15-16-17-18-19-23-26-30-34-38-44(53)64-40-43(41-65-70(62,63)68-51-48(57)46(55)47(56)50(49(51)58)67-69(59,60)61)66-45(54)39-35-31-27-24-21-20-22-25-29-33-37-42(52)36-32-28-10-8-6-4-2/h6,8,14-15,20-21,25,27-29,31-33,37,42-43,46-52,55-58H,3-5,7,9-13,16-19,22-24,26,30,34-36,38-41H2,1-2H3,(H,62,63)(H2,59,60,61)/b8-6-,15-14-,21-20-,29-25-,31-27-,32-28-,37-33+/t42?,43-,46?,47?,48?,49?,50-,51+/m1/s1. The first kappa shape index (κ1) is 65.2. The summed E-state index contributed by atoms with van der Waals surface area (Å²) in [5.74, 6) is -1.34. The van der Waals surface area contributed by atoms with Crippen molar-refractivity contribution in [3.63, 3.8) is 0 Å². The van der Waals surface area contributed by atoms with E-state index in [2.05, 4.69) is 42.7 Å². The Hall–Kier alpha value is -2.86. The fraction of sp³-hybridized carbons (Fsp3) is 0.686.